The van der Waals surface area contributed by atoms with Gasteiger partial charge in [-0.2, -0.15) is 0 Å². The highest BCUT2D eigenvalue weighted by molar-refractivity contribution is 6.10. The molecule has 0 radical (unpaired) electrons. The Morgan fingerprint density at radius 3 is 2.89 bits per heavy atom. The van der Waals surface area contributed by atoms with E-state index in [2.05, 4.69) is 10.6 Å². The van der Waals surface area contributed by atoms with Crippen LogP contribution in [0.1, 0.15) is 48.9 Å². The standard InChI is InChI=1S/C20H25N3O4/c24-17(23-10-9-20(27)8-4-3-5-13(20)12-23)11-16-19(26)21-15-7-2-1-6-14(15)18(25)22-16/h1-2,6-7,13,16,27H,3-5,8-12H2,(H,21,26)(H,22,25)/t13-,16+,20-/m1/s1. The lowest BCUT2D eigenvalue weighted by atomic mass is 9.71. The van der Waals surface area contributed by atoms with E-state index in [1.54, 1.807) is 29.2 Å². The largest absolute Gasteiger partial charge is 0.389 e. The summed E-state index contributed by atoms with van der Waals surface area (Å²) >= 11 is 0. The summed E-state index contributed by atoms with van der Waals surface area (Å²) in [5.41, 5.74) is 0.205. The summed E-state index contributed by atoms with van der Waals surface area (Å²) in [5.74, 6) is -0.797. The van der Waals surface area contributed by atoms with Crippen molar-refractivity contribution in [2.45, 2.75) is 50.2 Å². The zero-order chi connectivity index (χ0) is 19.0. The molecule has 1 saturated heterocycles. The Balaban J connectivity index is 1.43. The fraction of sp³-hybridized carbons (Fsp3) is 0.550. The van der Waals surface area contributed by atoms with Crippen molar-refractivity contribution < 1.29 is 19.5 Å². The maximum Gasteiger partial charge on any atom is 0.254 e. The van der Waals surface area contributed by atoms with Crippen molar-refractivity contribution in [1.29, 1.82) is 0 Å². The number of piperidine rings is 1. The average molecular weight is 371 g/mol. The molecule has 3 aliphatic rings. The maximum atomic E-state index is 12.8. The Morgan fingerprint density at radius 1 is 1.22 bits per heavy atom. The number of rotatable bonds is 2. The topological polar surface area (TPSA) is 98.7 Å². The van der Waals surface area contributed by atoms with Gasteiger partial charge < -0.3 is 20.6 Å². The number of nitrogens with one attached hydrogen (secondary N) is 2. The number of hydrogen-bond acceptors (Lipinski definition) is 4. The van der Waals surface area contributed by atoms with Gasteiger partial charge in [0.15, 0.2) is 0 Å². The number of fused-ring (bicyclic) bond motifs is 2. The number of nitrogens with zero attached hydrogens (tertiary/aromatic N) is 1. The normalized spacial score (nSPS) is 30.5. The molecular weight excluding hydrogens is 346 g/mol. The molecule has 7 nitrogen and oxygen atoms in total. The summed E-state index contributed by atoms with van der Waals surface area (Å²) in [6.45, 7) is 1.02. The number of likely N-dealkylation sites (tertiary alicyclic amines) is 1. The molecule has 27 heavy (non-hydrogen) atoms. The average Bonchev–Trinajstić information content (AvgIpc) is 2.77. The van der Waals surface area contributed by atoms with Crippen LogP contribution in [0.5, 0.6) is 0 Å². The number of anilines is 1. The lowest BCUT2D eigenvalue weighted by Gasteiger charge is -2.47. The van der Waals surface area contributed by atoms with E-state index in [0.29, 0.717) is 30.8 Å². The van der Waals surface area contributed by atoms with Crippen molar-refractivity contribution in [3.8, 4) is 0 Å². The first-order valence-corrected chi connectivity index (χ1v) is 9.67. The first-order valence-electron chi connectivity index (χ1n) is 9.67. The molecular formula is C20H25N3O4. The van der Waals surface area contributed by atoms with Gasteiger partial charge in [-0.25, -0.2) is 0 Å². The highest BCUT2D eigenvalue weighted by atomic mass is 16.3. The van der Waals surface area contributed by atoms with Crippen molar-refractivity contribution in [2.75, 3.05) is 18.4 Å². The van der Waals surface area contributed by atoms with Crippen molar-refractivity contribution >= 4 is 23.4 Å². The predicted octanol–water partition coefficient (Wildman–Crippen LogP) is 1.28. The molecule has 0 aromatic heterocycles. The van der Waals surface area contributed by atoms with Crippen LogP contribution < -0.4 is 10.6 Å². The molecule has 0 unspecified atom stereocenters. The van der Waals surface area contributed by atoms with Gasteiger partial charge in [0.1, 0.15) is 6.04 Å². The number of benzene rings is 1. The minimum Gasteiger partial charge on any atom is -0.389 e. The fourth-order valence-corrected chi connectivity index (χ4v) is 4.56. The summed E-state index contributed by atoms with van der Waals surface area (Å²) in [4.78, 5) is 39.4. The molecule has 4 rings (SSSR count). The Morgan fingerprint density at radius 2 is 2.04 bits per heavy atom. The van der Waals surface area contributed by atoms with Crippen LogP contribution in [0.2, 0.25) is 0 Å². The van der Waals surface area contributed by atoms with Crippen molar-refractivity contribution in [3.63, 3.8) is 0 Å². The highest BCUT2D eigenvalue weighted by Gasteiger charge is 2.44. The molecule has 7 heteroatoms. The first-order chi connectivity index (χ1) is 13.0. The molecule has 1 aromatic rings. The first kappa shape index (κ1) is 18.0. The molecule has 144 valence electrons. The summed E-state index contributed by atoms with van der Waals surface area (Å²) < 4.78 is 0. The minimum atomic E-state index is -0.899. The molecule has 1 aliphatic carbocycles. The molecule has 0 bridgehead atoms. The van der Waals surface area contributed by atoms with E-state index in [4.69, 9.17) is 0 Å². The third-order valence-electron chi connectivity index (χ3n) is 6.21. The highest BCUT2D eigenvalue weighted by Crippen LogP contribution is 2.39. The molecule has 2 aliphatic heterocycles. The molecule has 2 fully saturated rings. The van der Waals surface area contributed by atoms with Gasteiger partial charge in [-0.1, -0.05) is 25.0 Å². The van der Waals surface area contributed by atoms with E-state index in [1.165, 1.54) is 0 Å². The molecule has 1 aromatic carbocycles. The second kappa shape index (κ2) is 6.96. The van der Waals surface area contributed by atoms with E-state index in [9.17, 15) is 19.5 Å². The number of hydrogen-bond donors (Lipinski definition) is 3. The van der Waals surface area contributed by atoms with Crippen LogP contribution in [0.3, 0.4) is 0 Å². The van der Waals surface area contributed by atoms with Crippen molar-refractivity contribution in [1.82, 2.24) is 10.2 Å². The SMILES string of the molecule is O=C1N[C@@H](CC(=O)N2CC[C@]3(O)CCCC[C@@H]3C2)C(=O)Nc2ccccc21. The number of carbonyl (C=O) groups is 3. The van der Waals surface area contributed by atoms with Crippen LogP contribution in [-0.4, -0.2) is 52.5 Å². The molecule has 3 N–H and O–H groups in total. The van der Waals surface area contributed by atoms with Crippen LogP contribution in [0.15, 0.2) is 24.3 Å². The van der Waals surface area contributed by atoms with E-state index in [1.807, 2.05) is 0 Å². The van der Waals surface area contributed by atoms with Gasteiger partial charge in [-0.3, -0.25) is 14.4 Å². The Bertz CT molecular complexity index is 780. The number of para-hydroxylation sites is 1. The van der Waals surface area contributed by atoms with E-state index in [-0.39, 0.29) is 30.1 Å². The van der Waals surface area contributed by atoms with Crippen LogP contribution in [0.25, 0.3) is 0 Å². The summed E-state index contributed by atoms with van der Waals surface area (Å²) in [7, 11) is 0. The Kier molecular flexibility index (Phi) is 4.63. The fourth-order valence-electron chi connectivity index (χ4n) is 4.56. The molecule has 1 saturated carbocycles. The summed E-state index contributed by atoms with van der Waals surface area (Å²) in [6, 6.07) is 5.89. The zero-order valence-electron chi connectivity index (χ0n) is 15.2. The summed E-state index contributed by atoms with van der Waals surface area (Å²) in [6.07, 6.45) is 4.36. The minimum absolute atomic E-state index is 0.0727. The maximum absolute atomic E-state index is 12.8. The van der Waals surface area contributed by atoms with E-state index < -0.39 is 11.6 Å². The summed E-state index contributed by atoms with van der Waals surface area (Å²) in [5, 5.41) is 16.2. The monoisotopic (exact) mass is 371 g/mol. The number of aliphatic hydroxyl groups is 1. The van der Waals surface area contributed by atoms with Gasteiger partial charge in [0.2, 0.25) is 11.8 Å². The number of carbonyl (C=O) groups excluding carboxylic acids is 3. The van der Waals surface area contributed by atoms with Gasteiger partial charge in [0.25, 0.3) is 5.91 Å². The third-order valence-corrected chi connectivity index (χ3v) is 6.21. The van der Waals surface area contributed by atoms with Crippen molar-refractivity contribution in [2.24, 2.45) is 5.92 Å². The third kappa shape index (κ3) is 3.43. The smallest absolute Gasteiger partial charge is 0.254 e. The zero-order valence-corrected chi connectivity index (χ0v) is 15.2. The van der Waals surface area contributed by atoms with Crippen LogP contribution in [0, 0.1) is 5.92 Å². The van der Waals surface area contributed by atoms with Gasteiger partial charge in [0, 0.05) is 19.0 Å². The van der Waals surface area contributed by atoms with Gasteiger partial charge in [0.05, 0.1) is 23.3 Å². The van der Waals surface area contributed by atoms with Crippen LogP contribution in [-0.2, 0) is 9.59 Å². The predicted molar refractivity (Wildman–Crippen MR) is 99.0 cm³/mol. The lowest BCUT2D eigenvalue weighted by molar-refractivity contribution is -0.144. The quantitative estimate of drug-likeness (QED) is 0.729. The van der Waals surface area contributed by atoms with E-state index in [0.717, 1.165) is 25.7 Å². The van der Waals surface area contributed by atoms with Gasteiger partial charge in [-0.15, -0.1) is 0 Å². The van der Waals surface area contributed by atoms with Gasteiger partial charge >= 0.3 is 0 Å². The molecule has 0 spiro atoms. The second-order valence-electron chi connectivity index (χ2n) is 7.90. The Labute approximate surface area is 158 Å². The Hall–Kier alpha value is -2.41. The number of amides is 3. The van der Waals surface area contributed by atoms with E-state index >= 15 is 0 Å². The second-order valence-corrected chi connectivity index (χ2v) is 7.90. The van der Waals surface area contributed by atoms with Crippen LogP contribution in [0.4, 0.5) is 5.69 Å². The van der Waals surface area contributed by atoms with Gasteiger partial charge in [-0.05, 0) is 31.4 Å². The lowest BCUT2D eigenvalue weighted by Crippen LogP contribution is -2.55. The molecule has 3 atom stereocenters. The van der Waals surface area contributed by atoms with Crippen molar-refractivity contribution in [3.05, 3.63) is 29.8 Å². The molecule has 3 amide bonds. The molecule has 2 heterocycles. The van der Waals surface area contributed by atoms with Crippen LogP contribution >= 0.6 is 0 Å².